The van der Waals surface area contributed by atoms with Crippen LogP contribution in [0.4, 0.5) is 0 Å². The van der Waals surface area contributed by atoms with E-state index in [4.69, 9.17) is 0 Å². The minimum absolute atomic E-state index is 0. The van der Waals surface area contributed by atoms with E-state index in [0.29, 0.717) is 6.42 Å². The number of hydrogen-bond acceptors (Lipinski definition) is 2. The molecule has 2 aromatic carbocycles. The number of aliphatic imine (C=N–C) groups is 1. The van der Waals surface area contributed by atoms with Gasteiger partial charge in [0.1, 0.15) is 0 Å². The van der Waals surface area contributed by atoms with Gasteiger partial charge in [0.05, 0.1) is 0 Å². The lowest BCUT2D eigenvalue weighted by atomic mass is 10.1. The second-order valence-electron chi connectivity index (χ2n) is 7.04. The van der Waals surface area contributed by atoms with Crippen LogP contribution in [0.5, 0.6) is 0 Å². The molecule has 3 rings (SSSR count). The van der Waals surface area contributed by atoms with Gasteiger partial charge >= 0.3 is 0 Å². The highest BCUT2D eigenvalue weighted by Gasteiger charge is 2.22. The Morgan fingerprint density at radius 2 is 1.76 bits per heavy atom. The molecule has 1 amide bonds. The Labute approximate surface area is 198 Å². The SMILES string of the molecule is CN=C(NCCCC(=O)N1Cc2ccccc2C1)N(C)Cc1ccccc1Br.I. The Morgan fingerprint density at radius 1 is 1.14 bits per heavy atom. The Morgan fingerprint density at radius 3 is 2.38 bits per heavy atom. The summed E-state index contributed by atoms with van der Waals surface area (Å²) in [5.74, 6) is 1.05. The number of guanidine groups is 1. The number of nitrogens with one attached hydrogen (secondary N) is 1. The maximum atomic E-state index is 12.5. The van der Waals surface area contributed by atoms with Crippen LogP contribution >= 0.6 is 39.9 Å². The van der Waals surface area contributed by atoms with Crippen molar-refractivity contribution >= 4 is 51.8 Å². The van der Waals surface area contributed by atoms with Crippen molar-refractivity contribution in [1.29, 1.82) is 0 Å². The van der Waals surface area contributed by atoms with Crippen molar-refractivity contribution in [3.8, 4) is 0 Å². The Kier molecular flexibility index (Phi) is 9.42. The fourth-order valence-electron chi connectivity index (χ4n) is 3.45. The molecule has 0 aromatic heterocycles. The van der Waals surface area contributed by atoms with Gasteiger partial charge in [0, 0.05) is 51.2 Å². The van der Waals surface area contributed by atoms with Crippen LogP contribution in [0.25, 0.3) is 0 Å². The van der Waals surface area contributed by atoms with Gasteiger partial charge in [-0.1, -0.05) is 58.4 Å². The van der Waals surface area contributed by atoms with Crippen LogP contribution in [0, 0.1) is 0 Å². The molecule has 2 aromatic rings. The highest BCUT2D eigenvalue weighted by atomic mass is 127. The minimum Gasteiger partial charge on any atom is -0.356 e. The van der Waals surface area contributed by atoms with Crippen LogP contribution < -0.4 is 5.32 Å². The monoisotopic (exact) mass is 570 g/mol. The highest BCUT2D eigenvalue weighted by Crippen LogP contribution is 2.23. The molecule has 1 heterocycles. The number of rotatable bonds is 6. The van der Waals surface area contributed by atoms with Crippen LogP contribution in [-0.2, 0) is 24.4 Å². The first-order chi connectivity index (χ1) is 13.6. The number of carbonyl (C=O) groups excluding carboxylic acids is 1. The van der Waals surface area contributed by atoms with Crippen molar-refractivity contribution in [2.75, 3.05) is 20.6 Å². The van der Waals surface area contributed by atoms with Gasteiger partial charge in [-0.2, -0.15) is 0 Å². The summed E-state index contributed by atoms with van der Waals surface area (Å²) < 4.78 is 1.09. The molecular formula is C22H28BrIN4O. The first-order valence-electron chi connectivity index (χ1n) is 9.58. The molecule has 5 nitrogen and oxygen atoms in total. The average molecular weight is 571 g/mol. The van der Waals surface area contributed by atoms with E-state index in [0.717, 1.165) is 43.0 Å². The zero-order valence-electron chi connectivity index (χ0n) is 16.9. The second kappa shape index (κ2) is 11.5. The Balaban J connectivity index is 0.00000300. The summed E-state index contributed by atoms with van der Waals surface area (Å²) in [5.41, 5.74) is 3.74. The van der Waals surface area contributed by atoms with Crippen molar-refractivity contribution in [2.45, 2.75) is 32.5 Å². The van der Waals surface area contributed by atoms with Crippen LogP contribution in [0.2, 0.25) is 0 Å². The quantitative estimate of drug-likeness (QED) is 0.242. The molecular weight excluding hydrogens is 543 g/mol. The minimum atomic E-state index is 0. The topological polar surface area (TPSA) is 47.9 Å². The van der Waals surface area contributed by atoms with E-state index in [9.17, 15) is 4.79 Å². The van der Waals surface area contributed by atoms with Gasteiger partial charge in [-0.25, -0.2) is 0 Å². The van der Waals surface area contributed by atoms with E-state index in [1.165, 1.54) is 16.7 Å². The molecule has 156 valence electrons. The molecule has 1 aliphatic rings. The molecule has 0 atom stereocenters. The fourth-order valence-corrected chi connectivity index (χ4v) is 3.86. The lowest BCUT2D eigenvalue weighted by Crippen LogP contribution is -2.39. The van der Waals surface area contributed by atoms with Crippen molar-refractivity contribution in [3.63, 3.8) is 0 Å². The third-order valence-electron chi connectivity index (χ3n) is 4.98. The molecule has 0 radical (unpaired) electrons. The predicted molar refractivity (Wildman–Crippen MR) is 132 cm³/mol. The second-order valence-corrected chi connectivity index (χ2v) is 7.90. The van der Waals surface area contributed by atoms with Crippen molar-refractivity contribution < 1.29 is 4.79 Å². The van der Waals surface area contributed by atoms with Gasteiger partial charge in [-0.05, 0) is 29.2 Å². The predicted octanol–water partition coefficient (Wildman–Crippen LogP) is 4.40. The molecule has 0 bridgehead atoms. The van der Waals surface area contributed by atoms with Crippen molar-refractivity contribution in [1.82, 2.24) is 15.1 Å². The zero-order chi connectivity index (χ0) is 19.9. The Bertz CT molecular complexity index is 833. The number of carbonyl (C=O) groups is 1. The Hall–Kier alpha value is -1.61. The van der Waals surface area contributed by atoms with Gasteiger partial charge in [0.25, 0.3) is 0 Å². The summed E-state index contributed by atoms with van der Waals surface area (Å²) in [6.45, 7) is 2.95. The molecule has 29 heavy (non-hydrogen) atoms. The molecule has 0 unspecified atom stereocenters. The lowest BCUT2D eigenvalue weighted by Gasteiger charge is -2.23. The molecule has 0 aliphatic carbocycles. The van der Waals surface area contributed by atoms with Gasteiger partial charge in [-0.15, -0.1) is 24.0 Å². The third-order valence-corrected chi connectivity index (χ3v) is 5.76. The summed E-state index contributed by atoms with van der Waals surface area (Å²) in [6, 6.07) is 16.5. The molecule has 0 fully saturated rings. The van der Waals surface area contributed by atoms with Gasteiger partial charge < -0.3 is 15.1 Å². The zero-order valence-corrected chi connectivity index (χ0v) is 20.8. The maximum Gasteiger partial charge on any atom is 0.223 e. The van der Waals surface area contributed by atoms with Crippen LogP contribution in [0.1, 0.15) is 29.5 Å². The summed E-state index contributed by atoms with van der Waals surface area (Å²) >= 11 is 3.59. The number of benzene rings is 2. The van der Waals surface area contributed by atoms with E-state index in [2.05, 4.69) is 49.3 Å². The van der Waals surface area contributed by atoms with E-state index in [1.807, 2.05) is 42.3 Å². The molecule has 1 N–H and O–H groups in total. The normalized spacial score (nSPS) is 12.9. The van der Waals surface area contributed by atoms with Gasteiger partial charge in [-0.3, -0.25) is 9.79 Å². The lowest BCUT2D eigenvalue weighted by molar-refractivity contribution is -0.131. The van der Waals surface area contributed by atoms with Crippen LogP contribution in [-0.4, -0.2) is 42.3 Å². The molecule has 0 saturated heterocycles. The number of nitrogens with zero attached hydrogens (tertiary/aromatic N) is 3. The maximum absolute atomic E-state index is 12.5. The fraction of sp³-hybridized carbons (Fsp3) is 0.364. The number of halogens is 2. The van der Waals surface area contributed by atoms with Crippen LogP contribution in [0.3, 0.4) is 0 Å². The van der Waals surface area contributed by atoms with Crippen molar-refractivity contribution in [3.05, 3.63) is 69.7 Å². The number of hydrogen-bond donors (Lipinski definition) is 1. The van der Waals surface area contributed by atoms with Crippen molar-refractivity contribution in [2.24, 2.45) is 4.99 Å². The largest absolute Gasteiger partial charge is 0.356 e. The van der Waals surface area contributed by atoms with Gasteiger partial charge in [0.15, 0.2) is 5.96 Å². The summed E-state index contributed by atoms with van der Waals surface area (Å²) in [6.07, 6.45) is 1.33. The highest BCUT2D eigenvalue weighted by molar-refractivity contribution is 14.0. The molecule has 1 aliphatic heterocycles. The summed E-state index contributed by atoms with van der Waals surface area (Å²) in [7, 11) is 3.80. The standard InChI is InChI=1S/C22H27BrN4O.HI/c1-24-22(26(2)14-19-10-5-6-11-20(19)23)25-13-7-12-21(28)27-15-17-8-3-4-9-18(17)16-27;/h3-6,8-11H,7,12-16H2,1-2H3,(H,24,25);1H. The first-order valence-corrected chi connectivity index (χ1v) is 10.4. The smallest absolute Gasteiger partial charge is 0.223 e. The van der Waals surface area contributed by atoms with E-state index in [1.54, 1.807) is 7.05 Å². The molecule has 7 heteroatoms. The third kappa shape index (κ3) is 6.44. The van der Waals surface area contributed by atoms with E-state index >= 15 is 0 Å². The van der Waals surface area contributed by atoms with E-state index < -0.39 is 0 Å². The average Bonchev–Trinajstić information content (AvgIpc) is 3.14. The molecule has 0 saturated carbocycles. The van der Waals surface area contributed by atoms with Crippen LogP contribution in [0.15, 0.2) is 58.0 Å². The van der Waals surface area contributed by atoms with Gasteiger partial charge in [0.2, 0.25) is 5.91 Å². The first kappa shape index (κ1) is 23.7. The summed E-state index contributed by atoms with van der Waals surface area (Å²) in [5, 5.41) is 3.36. The number of amides is 1. The van der Waals surface area contributed by atoms with E-state index in [-0.39, 0.29) is 29.9 Å². The summed E-state index contributed by atoms with van der Waals surface area (Å²) in [4.78, 5) is 20.9. The number of fused-ring (bicyclic) bond motifs is 1. The molecule has 0 spiro atoms.